The Hall–Kier alpha value is -2.68. The molecule has 9 heteroatoms. The molecule has 0 atom stereocenters. The van der Waals surface area contributed by atoms with E-state index in [1.54, 1.807) is 12.1 Å². The summed E-state index contributed by atoms with van der Waals surface area (Å²) in [5.74, 6) is -0.696. The predicted octanol–water partition coefficient (Wildman–Crippen LogP) is 4.43. The third-order valence-electron chi connectivity index (χ3n) is 4.04. The fraction of sp³-hybridized carbons (Fsp3) is 0.389. The topological polar surface area (TPSA) is 74.2 Å². The van der Waals surface area contributed by atoms with Gasteiger partial charge in [-0.3, -0.25) is 0 Å². The molecule has 2 heterocycles. The lowest BCUT2D eigenvalue weighted by atomic mass is 9.99. The van der Waals surface area contributed by atoms with E-state index in [2.05, 4.69) is 19.8 Å². The number of alkyl halides is 3. The van der Waals surface area contributed by atoms with Gasteiger partial charge in [-0.1, -0.05) is 10.3 Å². The molecule has 0 N–H and O–H groups in total. The zero-order valence-corrected chi connectivity index (χ0v) is 15.1. The van der Waals surface area contributed by atoms with Crippen molar-refractivity contribution in [3.8, 4) is 11.4 Å². The molecule has 0 aliphatic rings. The highest BCUT2D eigenvalue weighted by Gasteiger charge is 2.38. The maximum absolute atomic E-state index is 12.6. The maximum atomic E-state index is 12.6. The molecule has 0 amide bonds. The number of halogens is 3. The summed E-state index contributed by atoms with van der Waals surface area (Å²) in [7, 11) is 0. The molecule has 0 saturated carbocycles. The van der Waals surface area contributed by atoms with E-state index in [0.717, 1.165) is 28.1 Å². The van der Waals surface area contributed by atoms with Crippen molar-refractivity contribution >= 4 is 0 Å². The highest BCUT2D eigenvalue weighted by Crippen LogP contribution is 2.30. The van der Waals surface area contributed by atoms with Crippen LogP contribution in [0.15, 0.2) is 27.2 Å². The van der Waals surface area contributed by atoms with Crippen LogP contribution in [-0.2, 0) is 23.9 Å². The van der Waals surface area contributed by atoms with Crippen LogP contribution in [0.25, 0.3) is 11.4 Å². The summed E-state index contributed by atoms with van der Waals surface area (Å²) in [4.78, 5) is 3.42. The van der Waals surface area contributed by atoms with E-state index in [0.29, 0.717) is 25.2 Å². The average Bonchev–Trinajstić information content (AvgIpc) is 3.22. The molecule has 3 aromatic rings. The summed E-state index contributed by atoms with van der Waals surface area (Å²) in [6.07, 6.45) is -4.05. The van der Waals surface area contributed by atoms with Crippen molar-refractivity contribution in [2.24, 2.45) is 0 Å². The molecular weight excluding hydrogens is 363 g/mol. The van der Waals surface area contributed by atoms with Crippen molar-refractivity contribution in [2.75, 3.05) is 6.61 Å². The van der Waals surface area contributed by atoms with Crippen molar-refractivity contribution in [3.05, 3.63) is 52.2 Å². The molecule has 0 aliphatic heterocycles. The van der Waals surface area contributed by atoms with Gasteiger partial charge in [0, 0.05) is 18.1 Å². The van der Waals surface area contributed by atoms with E-state index in [1.807, 2.05) is 26.8 Å². The lowest BCUT2D eigenvalue weighted by Crippen LogP contribution is -2.05. The molecule has 1 aromatic carbocycles. The Bertz CT molecular complexity index is 908. The Morgan fingerprint density at radius 2 is 1.70 bits per heavy atom. The first-order valence-corrected chi connectivity index (χ1v) is 8.25. The highest BCUT2D eigenvalue weighted by atomic mass is 19.4. The highest BCUT2D eigenvalue weighted by molar-refractivity contribution is 5.59. The van der Waals surface area contributed by atoms with Crippen molar-refractivity contribution in [1.29, 1.82) is 0 Å². The Labute approximate surface area is 153 Å². The largest absolute Gasteiger partial charge is 0.471 e. The second kappa shape index (κ2) is 7.51. The number of aryl methyl sites for hydroxylation is 3. The molecule has 2 aromatic heterocycles. The molecule has 0 radical (unpaired) electrons. The van der Waals surface area contributed by atoms with Gasteiger partial charge >= 0.3 is 12.1 Å². The van der Waals surface area contributed by atoms with Gasteiger partial charge in [0.1, 0.15) is 5.76 Å². The van der Waals surface area contributed by atoms with Crippen LogP contribution >= 0.6 is 0 Å². The van der Waals surface area contributed by atoms with Crippen molar-refractivity contribution < 1.29 is 27.0 Å². The Balaban J connectivity index is 1.66. The van der Waals surface area contributed by atoms with E-state index in [-0.39, 0.29) is 5.82 Å². The Morgan fingerprint density at radius 1 is 1.00 bits per heavy atom. The molecule has 0 fully saturated rings. The first-order valence-electron chi connectivity index (χ1n) is 8.25. The minimum Gasteiger partial charge on any atom is -0.376 e. The molecule has 144 valence electrons. The van der Waals surface area contributed by atoms with Gasteiger partial charge in [0.05, 0.1) is 18.9 Å². The van der Waals surface area contributed by atoms with Crippen LogP contribution in [0.1, 0.15) is 34.0 Å². The number of rotatable bonds is 6. The summed E-state index contributed by atoms with van der Waals surface area (Å²) in [6, 6.07) is 5.29. The second-order valence-electron chi connectivity index (χ2n) is 6.25. The number of ether oxygens (including phenoxy) is 1. The van der Waals surface area contributed by atoms with E-state index in [4.69, 9.17) is 9.26 Å². The second-order valence-corrected chi connectivity index (χ2v) is 6.25. The van der Waals surface area contributed by atoms with Gasteiger partial charge in [0.25, 0.3) is 0 Å². The van der Waals surface area contributed by atoms with Gasteiger partial charge in [-0.25, -0.2) is 0 Å². The van der Waals surface area contributed by atoms with Gasteiger partial charge in [-0.05, 0) is 49.6 Å². The molecular formula is C18H18F3N3O3. The maximum Gasteiger partial charge on any atom is 0.471 e. The van der Waals surface area contributed by atoms with Crippen molar-refractivity contribution in [1.82, 2.24) is 15.3 Å². The molecule has 6 nitrogen and oxygen atoms in total. The minimum atomic E-state index is -4.66. The number of hydrogen-bond donors (Lipinski definition) is 0. The van der Waals surface area contributed by atoms with Crippen LogP contribution in [-0.4, -0.2) is 21.9 Å². The molecule has 0 unspecified atom stereocenters. The van der Waals surface area contributed by atoms with Gasteiger partial charge in [-0.2, -0.15) is 18.2 Å². The van der Waals surface area contributed by atoms with Gasteiger partial charge in [0.2, 0.25) is 5.82 Å². The molecule has 0 saturated heterocycles. The normalized spacial score (nSPS) is 11.9. The Kier molecular flexibility index (Phi) is 5.31. The molecule has 0 spiro atoms. The molecule has 3 rings (SSSR count). The molecule has 0 aliphatic carbocycles. The van der Waals surface area contributed by atoms with Crippen LogP contribution in [0.3, 0.4) is 0 Å². The summed E-state index contributed by atoms with van der Waals surface area (Å²) in [5, 5.41) is 7.24. The fourth-order valence-corrected chi connectivity index (χ4v) is 2.69. The molecule has 27 heavy (non-hydrogen) atoms. The van der Waals surface area contributed by atoms with E-state index in [1.165, 1.54) is 0 Å². The summed E-state index contributed by atoms with van der Waals surface area (Å²) < 4.78 is 53.0. The predicted molar refractivity (Wildman–Crippen MR) is 88.8 cm³/mol. The fourth-order valence-electron chi connectivity index (χ4n) is 2.69. The molecule has 0 bridgehead atoms. The first kappa shape index (κ1) is 19.1. The van der Waals surface area contributed by atoms with Gasteiger partial charge < -0.3 is 13.8 Å². The van der Waals surface area contributed by atoms with E-state index in [9.17, 15) is 13.2 Å². The van der Waals surface area contributed by atoms with Crippen molar-refractivity contribution in [3.63, 3.8) is 0 Å². The number of hydrogen-bond acceptors (Lipinski definition) is 6. The van der Waals surface area contributed by atoms with Crippen LogP contribution < -0.4 is 0 Å². The van der Waals surface area contributed by atoms with Crippen LogP contribution in [0.4, 0.5) is 13.2 Å². The monoisotopic (exact) mass is 381 g/mol. The van der Waals surface area contributed by atoms with Crippen LogP contribution in [0, 0.1) is 20.8 Å². The third kappa shape index (κ3) is 4.54. The minimum absolute atomic E-state index is 0.0957. The van der Waals surface area contributed by atoms with Crippen molar-refractivity contribution in [2.45, 2.75) is 40.0 Å². The number of aromatic nitrogens is 3. The lowest BCUT2D eigenvalue weighted by molar-refractivity contribution is -0.159. The summed E-state index contributed by atoms with van der Waals surface area (Å²) in [6.45, 7) is 6.42. The van der Waals surface area contributed by atoms with Crippen LogP contribution in [0.5, 0.6) is 0 Å². The average molecular weight is 381 g/mol. The zero-order valence-electron chi connectivity index (χ0n) is 15.1. The van der Waals surface area contributed by atoms with Crippen LogP contribution in [0.2, 0.25) is 0 Å². The zero-order chi connectivity index (χ0) is 19.6. The number of nitrogens with zero attached hydrogens (tertiary/aromatic N) is 3. The van der Waals surface area contributed by atoms with E-state index < -0.39 is 12.1 Å². The van der Waals surface area contributed by atoms with Gasteiger partial charge in [0.15, 0.2) is 0 Å². The quantitative estimate of drug-likeness (QED) is 0.588. The number of benzene rings is 1. The summed E-state index contributed by atoms with van der Waals surface area (Å²) in [5.41, 5.74) is 4.00. The lowest BCUT2D eigenvalue weighted by Gasteiger charge is -2.12. The third-order valence-corrected chi connectivity index (χ3v) is 4.04. The smallest absolute Gasteiger partial charge is 0.376 e. The SMILES string of the molecule is Cc1cc(CCOCc2c(C)cc(-c3noc(C(F)(F)F)n3)cc2C)on1. The first-order chi connectivity index (χ1) is 12.7. The van der Waals surface area contributed by atoms with Gasteiger partial charge in [-0.15, -0.1) is 0 Å². The summed E-state index contributed by atoms with van der Waals surface area (Å²) >= 11 is 0. The van der Waals surface area contributed by atoms with E-state index >= 15 is 0 Å². The Morgan fingerprint density at radius 3 is 2.26 bits per heavy atom. The standard InChI is InChI=1S/C18H18F3N3O3/c1-10-6-13(16-22-17(27-24-16)18(19,20)21)7-11(2)15(10)9-25-5-4-14-8-12(3)23-26-14/h6-8H,4-5,9H2,1-3H3.